The van der Waals surface area contributed by atoms with Crippen molar-refractivity contribution < 1.29 is 13.3 Å². The second-order valence-electron chi connectivity index (χ2n) is 11.3. The molecule has 0 spiro atoms. The van der Waals surface area contributed by atoms with E-state index in [4.69, 9.17) is 8.22 Å². The summed E-state index contributed by atoms with van der Waals surface area (Å²) in [5.41, 5.74) is -0.495. The molecule has 1 N–H and O–H groups in total. The number of hydrogen-bond acceptors (Lipinski definition) is 1. The molecule has 4 aliphatic rings. The van der Waals surface area contributed by atoms with Crippen molar-refractivity contribution in [2.45, 2.75) is 111 Å². The van der Waals surface area contributed by atoms with Gasteiger partial charge < -0.3 is 5.11 Å². The third kappa shape index (κ3) is 3.42. The van der Waals surface area contributed by atoms with Gasteiger partial charge in [0.15, 0.2) is 0 Å². The second-order valence-corrected chi connectivity index (χ2v) is 11.3. The predicted octanol–water partition coefficient (Wildman–Crippen LogP) is 7.39. The van der Waals surface area contributed by atoms with Gasteiger partial charge in [0.05, 0.1) is 7.45 Å². The lowest BCUT2D eigenvalue weighted by Gasteiger charge is -2.58. The monoisotopic (exact) mass is 392 g/mol. The van der Waals surface area contributed by atoms with Crippen LogP contribution < -0.4 is 0 Å². The van der Waals surface area contributed by atoms with Crippen molar-refractivity contribution in [2.75, 3.05) is 0 Å². The minimum absolute atomic E-state index is 0.0606. The maximum atomic E-state index is 10.7. The molecule has 1 heteroatoms. The van der Waals surface area contributed by atoms with Crippen LogP contribution in [-0.4, -0.2) is 11.2 Å². The van der Waals surface area contributed by atoms with Crippen molar-refractivity contribution in [2.24, 2.45) is 46.3 Å². The predicted molar refractivity (Wildman–Crippen MR) is 119 cm³/mol. The van der Waals surface area contributed by atoms with Gasteiger partial charge >= 0.3 is 0 Å². The van der Waals surface area contributed by atoms with Crippen LogP contribution >= 0.6 is 0 Å². The first kappa shape index (κ1) is 14.7. The summed E-state index contributed by atoms with van der Waals surface area (Å²) in [5.74, 6) is 2.81. The molecule has 0 amide bonds. The summed E-state index contributed by atoms with van der Waals surface area (Å²) in [6.45, 7) is 11.3. The first-order valence-electron chi connectivity index (χ1n) is 15.0. The number of rotatable bonds is 5. The Labute approximate surface area is 183 Å². The first-order valence-corrected chi connectivity index (χ1v) is 11.9. The van der Waals surface area contributed by atoms with E-state index >= 15 is 0 Å². The fourth-order valence-corrected chi connectivity index (χ4v) is 7.80. The zero-order chi connectivity index (χ0) is 25.5. The molecule has 9 atom stereocenters. The Hall–Kier alpha value is -0.300. The van der Waals surface area contributed by atoms with E-state index in [-0.39, 0.29) is 17.3 Å². The molecule has 28 heavy (non-hydrogen) atoms. The van der Waals surface area contributed by atoms with Gasteiger partial charge in [-0.25, -0.2) is 0 Å². The molecule has 4 aliphatic carbocycles. The maximum Gasteiger partial charge on any atom is 0.0604 e. The summed E-state index contributed by atoms with van der Waals surface area (Å²) >= 11 is 0. The molecule has 0 bridgehead atoms. The van der Waals surface area contributed by atoms with Gasteiger partial charge in [-0.1, -0.05) is 65.5 Å². The molecule has 2 unspecified atom stereocenters. The molecule has 3 fully saturated rings. The van der Waals surface area contributed by atoms with Gasteiger partial charge in [-0.3, -0.25) is 0 Å². The number of hydrogen-bond donors (Lipinski definition) is 1. The zero-order valence-electron chi connectivity index (χ0n) is 24.7. The lowest BCUT2D eigenvalue weighted by Crippen LogP contribution is -2.50. The van der Waals surface area contributed by atoms with Crippen LogP contribution in [0.2, 0.25) is 0 Å². The lowest BCUT2D eigenvalue weighted by atomic mass is 9.47. The zero-order valence-corrected chi connectivity index (χ0v) is 18.7. The van der Waals surface area contributed by atoms with Crippen LogP contribution in [0.4, 0.5) is 0 Å². The minimum atomic E-state index is -2.83. The largest absolute Gasteiger partial charge is 0.393 e. The Morgan fingerprint density at radius 3 is 2.71 bits per heavy atom. The molecular formula is C27H46O. The smallest absolute Gasteiger partial charge is 0.0604 e. The summed E-state index contributed by atoms with van der Waals surface area (Å²) < 4.78 is 51.8. The molecule has 0 heterocycles. The van der Waals surface area contributed by atoms with Crippen molar-refractivity contribution in [1.29, 1.82) is 0 Å². The van der Waals surface area contributed by atoms with Gasteiger partial charge in [-0.2, -0.15) is 0 Å². The highest BCUT2D eigenvalue weighted by atomic mass is 16.3. The third-order valence-electron chi connectivity index (χ3n) is 9.33. The van der Waals surface area contributed by atoms with Crippen LogP contribution in [0.3, 0.4) is 0 Å². The molecule has 160 valence electrons. The normalized spacial score (nSPS) is 58.5. The minimum Gasteiger partial charge on any atom is -0.393 e. The highest BCUT2D eigenvalue weighted by Gasteiger charge is 2.59. The summed E-state index contributed by atoms with van der Waals surface area (Å²) in [7, 11) is 0. The summed E-state index contributed by atoms with van der Waals surface area (Å²) in [5, 5.41) is 10.7. The van der Waals surface area contributed by atoms with Gasteiger partial charge in [0.2, 0.25) is 0 Å². The first-order chi connectivity index (χ1) is 15.5. The number of aliphatic hydroxyl groups is 1. The van der Waals surface area contributed by atoms with Crippen LogP contribution in [0.1, 0.15) is 113 Å². The maximum absolute atomic E-state index is 10.7. The van der Waals surface area contributed by atoms with Gasteiger partial charge in [0.25, 0.3) is 0 Å². The van der Waals surface area contributed by atoms with Crippen LogP contribution in [-0.2, 0) is 0 Å². The van der Waals surface area contributed by atoms with E-state index in [2.05, 4.69) is 27.7 Å². The van der Waals surface area contributed by atoms with Crippen molar-refractivity contribution in [3.8, 4) is 0 Å². The van der Waals surface area contributed by atoms with Gasteiger partial charge in [0, 0.05) is 6.85 Å². The van der Waals surface area contributed by atoms with Crippen LogP contribution in [0.25, 0.3) is 0 Å². The van der Waals surface area contributed by atoms with Crippen LogP contribution in [0.15, 0.2) is 11.6 Å². The Kier molecular flexibility index (Phi) is 4.06. The van der Waals surface area contributed by atoms with Crippen molar-refractivity contribution >= 4 is 0 Å². The van der Waals surface area contributed by atoms with Crippen molar-refractivity contribution in [3.05, 3.63) is 11.6 Å². The van der Waals surface area contributed by atoms with Gasteiger partial charge in [-0.05, 0) is 97.6 Å². The van der Waals surface area contributed by atoms with Crippen molar-refractivity contribution in [3.63, 3.8) is 0 Å². The molecule has 3 saturated carbocycles. The van der Waals surface area contributed by atoms with E-state index in [9.17, 15) is 5.11 Å². The summed E-state index contributed by atoms with van der Waals surface area (Å²) in [6, 6.07) is 0. The SMILES string of the molecule is [2H]C1C2=CC[C@H]3[C@@H]4CC[C@H]([C@H](C)CCCC(C)C)[C@@]4(C)CC[C@@H]3[C@@]2(C)C([2H])([2H])C([2H])([2H])C1([2H])O. The molecular weight excluding hydrogens is 340 g/mol. The van der Waals surface area contributed by atoms with E-state index < -0.39 is 30.6 Å². The summed E-state index contributed by atoms with van der Waals surface area (Å²) in [4.78, 5) is 0. The topological polar surface area (TPSA) is 20.2 Å². The molecule has 0 aromatic carbocycles. The van der Waals surface area contributed by atoms with E-state index in [0.29, 0.717) is 23.3 Å². The van der Waals surface area contributed by atoms with Gasteiger partial charge in [-0.15, -0.1) is 0 Å². The number of fused-ring (bicyclic) bond motifs is 5. The highest BCUT2D eigenvalue weighted by molar-refractivity contribution is 5.25. The molecule has 4 rings (SSSR count). The molecule has 1 nitrogen and oxygen atoms in total. The number of allylic oxidation sites excluding steroid dienone is 1. The molecule has 0 aromatic rings. The fourth-order valence-electron chi connectivity index (χ4n) is 7.80. The highest BCUT2D eigenvalue weighted by Crippen LogP contribution is 2.67. The van der Waals surface area contributed by atoms with Crippen LogP contribution in [0, 0.1) is 46.3 Å². The quantitative estimate of drug-likeness (QED) is 0.484. The Balaban J connectivity index is 1.65. The average Bonchev–Trinajstić information content (AvgIpc) is 3.09. The van der Waals surface area contributed by atoms with E-state index in [1.165, 1.54) is 25.7 Å². The van der Waals surface area contributed by atoms with E-state index in [1.807, 2.05) is 6.08 Å². The molecule has 0 saturated heterocycles. The third-order valence-corrected chi connectivity index (χ3v) is 9.33. The molecule has 0 radical (unpaired) electrons. The Bertz CT molecular complexity index is 822. The summed E-state index contributed by atoms with van der Waals surface area (Å²) in [6.07, 6.45) is 1.21. The van der Waals surface area contributed by atoms with Crippen LogP contribution in [0.5, 0.6) is 0 Å². The molecule has 0 aromatic heterocycles. The average molecular weight is 393 g/mol. The second kappa shape index (κ2) is 7.75. The Morgan fingerprint density at radius 2 is 1.96 bits per heavy atom. The van der Waals surface area contributed by atoms with Crippen molar-refractivity contribution in [1.82, 2.24) is 0 Å². The molecule has 0 aliphatic heterocycles. The lowest BCUT2D eigenvalue weighted by molar-refractivity contribution is -0.0573. The van der Waals surface area contributed by atoms with Gasteiger partial charge in [0.1, 0.15) is 0 Å². The standard InChI is InChI=1S/C27H46O/c1-18(2)7-6-8-19(3)23-11-12-24-22-10-9-20-17-21(28)13-15-26(20,4)25(22)14-16-27(23,24)5/h9,18-19,21-25,28H,6-8,10-17H2,1-5H3/t19-,21?,22+,23-,24+,25+,26+,27-/m1/s1/i13D2,15D2,17D,21D/t17?,19-,21?,22+,23-,24+,25+,26+,27-. The van der Waals surface area contributed by atoms with E-state index in [1.54, 1.807) is 6.92 Å². The Morgan fingerprint density at radius 1 is 1.18 bits per heavy atom. The van der Waals surface area contributed by atoms with E-state index in [0.717, 1.165) is 31.6 Å². The fraction of sp³-hybridized carbons (Fsp3) is 0.926.